The number of anilines is 1. The standard InChI is InChI=1S/C14H18ClN3O/c1-3-14(4-2,9-19)16-13-11-8-6-5-7-10(11)12(15)17-18-13/h5-8,19H,3-4,9H2,1-2H3,(H,16,18). The van der Waals surface area contributed by atoms with Crippen LogP contribution in [0.25, 0.3) is 10.8 Å². The first-order chi connectivity index (χ1) is 9.15. The SMILES string of the molecule is CCC(CC)(CO)Nc1nnc(Cl)c2ccccc12. The second-order valence-electron chi connectivity index (χ2n) is 4.66. The van der Waals surface area contributed by atoms with Crippen molar-refractivity contribution in [2.24, 2.45) is 0 Å². The van der Waals surface area contributed by atoms with Crippen LogP contribution in [0.5, 0.6) is 0 Å². The van der Waals surface area contributed by atoms with Gasteiger partial charge in [0.2, 0.25) is 0 Å². The molecule has 2 rings (SSSR count). The predicted octanol–water partition coefficient (Wildman–Crippen LogP) is 3.25. The van der Waals surface area contributed by atoms with Gasteiger partial charge in [-0.25, -0.2) is 0 Å². The zero-order valence-electron chi connectivity index (χ0n) is 11.2. The van der Waals surface area contributed by atoms with Crippen LogP contribution in [-0.4, -0.2) is 27.4 Å². The van der Waals surface area contributed by atoms with Gasteiger partial charge in [-0.05, 0) is 12.8 Å². The fourth-order valence-electron chi connectivity index (χ4n) is 2.10. The van der Waals surface area contributed by atoms with E-state index < -0.39 is 0 Å². The number of nitrogens with zero attached hydrogens (tertiary/aromatic N) is 2. The normalized spacial score (nSPS) is 11.8. The van der Waals surface area contributed by atoms with E-state index in [0.717, 1.165) is 23.6 Å². The van der Waals surface area contributed by atoms with Crippen LogP contribution < -0.4 is 5.32 Å². The van der Waals surface area contributed by atoms with E-state index in [0.29, 0.717) is 11.0 Å². The summed E-state index contributed by atoms with van der Waals surface area (Å²) in [6, 6.07) is 7.71. The summed E-state index contributed by atoms with van der Waals surface area (Å²) in [5.41, 5.74) is -0.370. The molecule has 2 N–H and O–H groups in total. The van der Waals surface area contributed by atoms with E-state index in [2.05, 4.69) is 15.5 Å². The summed E-state index contributed by atoms with van der Waals surface area (Å²) in [5, 5.41) is 23.2. The lowest BCUT2D eigenvalue weighted by Crippen LogP contribution is -2.41. The molecule has 0 spiro atoms. The average molecular weight is 280 g/mol. The van der Waals surface area contributed by atoms with Crippen molar-refractivity contribution in [3.05, 3.63) is 29.4 Å². The summed E-state index contributed by atoms with van der Waals surface area (Å²) in [6.45, 7) is 4.13. The first-order valence-corrected chi connectivity index (χ1v) is 6.83. The van der Waals surface area contributed by atoms with Crippen molar-refractivity contribution in [1.29, 1.82) is 0 Å². The molecule has 0 amide bonds. The highest BCUT2D eigenvalue weighted by Crippen LogP contribution is 2.29. The maximum atomic E-state index is 9.63. The maximum Gasteiger partial charge on any atom is 0.159 e. The Morgan fingerprint density at radius 2 is 1.79 bits per heavy atom. The lowest BCUT2D eigenvalue weighted by atomic mass is 9.93. The van der Waals surface area contributed by atoms with Crippen LogP contribution in [0.1, 0.15) is 26.7 Å². The molecule has 0 aliphatic carbocycles. The molecule has 5 heteroatoms. The average Bonchev–Trinajstić information content (AvgIpc) is 2.48. The highest BCUT2D eigenvalue weighted by Gasteiger charge is 2.26. The number of aromatic nitrogens is 2. The van der Waals surface area contributed by atoms with E-state index in [1.54, 1.807) is 0 Å². The van der Waals surface area contributed by atoms with Crippen molar-refractivity contribution in [3.63, 3.8) is 0 Å². The topological polar surface area (TPSA) is 58.0 Å². The Labute approximate surface area is 117 Å². The molecule has 0 saturated heterocycles. The highest BCUT2D eigenvalue weighted by atomic mass is 35.5. The minimum atomic E-state index is -0.370. The van der Waals surface area contributed by atoms with Crippen LogP contribution in [0.3, 0.4) is 0 Å². The maximum absolute atomic E-state index is 9.63. The molecule has 19 heavy (non-hydrogen) atoms. The van der Waals surface area contributed by atoms with Crippen molar-refractivity contribution in [2.45, 2.75) is 32.2 Å². The number of benzene rings is 1. The lowest BCUT2D eigenvalue weighted by molar-refractivity contribution is 0.202. The fourth-order valence-corrected chi connectivity index (χ4v) is 2.31. The molecule has 1 aromatic heterocycles. The number of nitrogens with one attached hydrogen (secondary N) is 1. The first kappa shape index (κ1) is 14.0. The van der Waals surface area contributed by atoms with Gasteiger partial charge >= 0.3 is 0 Å². The highest BCUT2D eigenvalue weighted by molar-refractivity contribution is 6.34. The Morgan fingerprint density at radius 1 is 1.16 bits per heavy atom. The molecule has 0 saturated carbocycles. The number of rotatable bonds is 5. The lowest BCUT2D eigenvalue weighted by Gasteiger charge is -2.31. The van der Waals surface area contributed by atoms with Crippen LogP contribution in [-0.2, 0) is 0 Å². The van der Waals surface area contributed by atoms with Gasteiger partial charge in [0, 0.05) is 10.8 Å². The molecule has 1 aromatic carbocycles. The Kier molecular flexibility index (Phi) is 4.22. The summed E-state index contributed by atoms with van der Waals surface area (Å²) < 4.78 is 0. The van der Waals surface area contributed by atoms with Crippen molar-refractivity contribution < 1.29 is 5.11 Å². The fraction of sp³-hybridized carbons (Fsp3) is 0.429. The monoisotopic (exact) mass is 279 g/mol. The van der Waals surface area contributed by atoms with Gasteiger partial charge in [-0.2, -0.15) is 0 Å². The summed E-state index contributed by atoms with van der Waals surface area (Å²) in [6.07, 6.45) is 1.61. The van der Waals surface area contributed by atoms with E-state index >= 15 is 0 Å². The van der Waals surface area contributed by atoms with Gasteiger partial charge in [-0.1, -0.05) is 49.7 Å². The zero-order chi connectivity index (χ0) is 13.9. The third-order valence-electron chi connectivity index (χ3n) is 3.68. The van der Waals surface area contributed by atoms with Crippen LogP contribution >= 0.6 is 11.6 Å². The summed E-state index contributed by atoms with van der Waals surface area (Å²) in [5.74, 6) is 0.665. The van der Waals surface area contributed by atoms with Crippen molar-refractivity contribution >= 4 is 28.2 Å². The van der Waals surface area contributed by atoms with Crippen LogP contribution in [0.15, 0.2) is 24.3 Å². The molecule has 0 aliphatic rings. The minimum absolute atomic E-state index is 0.0542. The Bertz CT molecular complexity index is 561. The van der Waals surface area contributed by atoms with Gasteiger partial charge in [0.1, 0.15) is 0 Å². The second-order valence-corrected chi connectivity index (χ2v) is 5.01. The van der Waals surface area contributed by atoms with Crippen LogP contribution in [0, 0.1) is 0 Å². The third kappa shape index (κ3) is 2.65. The van der Waals surface area contributed by atoms with Gasteiger partial charge < -0.3 is 10.4 Å². The molecular formula is C14H18ClN3O. The summed E-state index contributed by atoms with van der Waals surface area (Å²) in [7, 11) is 0. The van der Waals surface area contributed by atoms with Crippen LogP contribution in [0.2, 0.25) is 5.15 Å². The van der Waals surface area contributed by atoms with E-state index in [-0.39, 0.29) is 12.1 Å². The van der Waals surface area contributed by atoms with Crippen LogP contribution in [0.4, 0.5) is 5.82 Å². The summed E-state index contributed by atoms with van der Waals surface area (Å²) >= 11 is 6.05. The Hall–Kier alpha value is -1.39. The molecule has 0 fully saturated rings. The number of aliphatic hydroxyl groups excluding tert-OH is 1. The smallest absolute Gasteiger partial charge is 0.159 e. The molecule has 0 radical (unpaired) electrons. The second kappa shape index (κ2) is 5.72. The van der Waals surface area contributed by atoms with E-state index in [9.17, 15) is 5.11 Å². The van der Waals surface area contributed by atoms with Gasteiger partial charge in [0.25, 0.3) is 0 Å². The molecule has 1 heterocycles. The quantitative estimate of drug-likeness (QED) is 0.882. The van der Waals surface area contributed by atoms with Crippen molar-refractivity contribution in [3.8, 4) is 0 Å². The Balaban J connectivity index is 2.49. The largest absolute Gasteiger partial charge is 0.394 e. The van der Waals surface area contributed by atoms with E-state index in [1.165, 1.54) is 0 Å². The number of aliphatic hydroxyl groups is 1. The van der Waals surface area contributed by atoms with Gasteiger partial charge in [-0.15, -0.1) is 10.2 Å². The first-order valence-electron chi connectivity index (χ1n) is 6.45. The van der Waals surface area contributed by atoms with E-state index in [4.69, 9.17) is 11.6 Å². The number of halogens is 1. The zero-order valence-corrected chi connectivity index (χ0v) is 11.9. The molecule has 0 unspecified atom stereocenters. The molecule has 0 aliphatic heterocycles. The minimum Gasteiger partial charge on any atom is -0.394 e. The van der Waals surface area contributed by atoms with Gasteiger partial charge in [-0.3, -0.25) is 0 Å². The number of hydrogen-bond donors (Lipinski definition) is 2. The van der Waals surface area contributed by atoms with Crippen molar-refractivity contribution in [2.75, 3.05) is 11.9 Å². The summed E-state index contributed by atoms with van der Waals surface area (Å²) in [4.78, 5) is 0. The molecular weight excluding hydrogens is 262 g/mol. The number of hydrogen-bond acceptors (Lipinski definition) is 4. The van der Waals surface area contributed by atoms with Crippen molar-refractivity contribution in [1.82, 2.24) is 10.2 Å². The predicted molar refractivity (Wildman–Crippen MR) is 78.6 cm³/mol. The molecule has 4 nitrogen and oxygen atoms in total. The molecule has 2 aromatic rings. The number of fused-ring (bicyclic) bond motifs is 1. The molecule has 102 valence electrons. The molecule has 0 atom stereocenters. The van der Waals surface area contributed by atoms with Gasteiger partial charge in [0.15, 0.2) is 11.0 Å². The van der Waals surface area contributed by atoms with E-state index in [1.807, 2.05) is 38.1 Å². The Morgan fingerprint density at radius 3 is 2.37 bits per heavy atom. The third-order valence-corrected chi connectivity index (χ3v) is 3.96. The van der Waals surface area contributed by atoms with Gasteiger partial charge in [0.05, 0.1) is 12.1 Å². The molecule has 0 bridgehead atoms.